The van der Waals surface area contributed by atoms with Crippen LogP contribution in [-0.2, 0) is 4.74 Å². The van der Waals surface area contributed by atoms with E-state index in [9.17, 15) is 0 Å². The summed E-state index contributed by atoms with van der Waals surface area (Å²) >= 11 is 0. The summed E-state index contributed by atoms with van der Waals surface area (Å²) in [4.78, 5) is 0. The molecule has 78 valence electrons. The van der Waals surface area contributed by atoms with Gasteiger partial charge in [0, 0.05) is 19.3 Å². The van der Waals surface area contributed by atoms with Gasteiger partial charge in [-0.3, -0.25) is 0 Å². The Morgan fingerprint density at radius 1 is 1.23 bits per heavy atom. The van der Waals surface area contributed by atoms with Crippen molar-refractivity contribution in [1.82, 2.24) is 5.32 Å². The summed E-state index contributed by atoms with van der Waals surface area (Å²) in [6, 6.07) is 0.704. The highest BCUT2D eigenvalue weighted by Gasteiger charge is 2.14. The third kappa shape index (κ3) is 4.10. The second-order valence-corrected chi connectivity index (χ2v) is 4.52. The van der Waals surface area contributed by atoms with Crippen LogP contribution in [0, 0.1) is 11.8 Å². The molecule has 1 atom stereocenters. The molecular formula is C11H23NO. The molecule has 2 heteroatoms. The highest BCUT2D eigenvalue weighted by Crippen LogP contribution is 2.10. The summed E-state index contributed by atoms with van der Waals surface area (Å²) < 4.78 is 5.31. The molecule has 13 heavy (non-hydrogen) atoms. The van der Waals surface area contributed by atoms with Crippen LogP contribution >= 0.6 is 0 Å². The lowest BCUT2D eigenvalue weighted by Gasteiger charge is -2.25. The maximum absolute atomic E-state index is 5.31. The van der Waals surface area contributed by atoms with E-state index in [-0.39, 0.29) is 0 Å². The average Bonchev–Trinajstić information content (AvgIpc) is 2.15. The van der Waals surface area contributed by atoms with Gasteiger partial charge in [0.1, 0.15) is 0 Å². The third-order valence-corrected chi connectivity index (χ3v) is 3.09. The highest BCUT2D eigenvalue weighted by molar-refractivity contribution is 4.72. The SMILES string of the molecule is CC(C)C(C)CNC1CCOCC1. The number of nitrogens with one attached hydrogen (secondary N) is 1. The van der Waals surface area contributed by atoms with Crippen LogP contribution in [0.25, 0.3) is 0 Å². The van der Waals surface area contributed by atoms with Gasteiger partial charge in [-0.15, -0.1) is 0 Å². The first-order valence-corrected chi connectivity index (χ1v) is 5.51. The van der Waals surface area contributed by atoms with Crippen LogP contribution in [-0.4, -0.2) is 25.8 Å². The third-order valence-electron chi connectivity index (χ3n) is 3.09. The van der Waals surface area contributed by atoms with Crippen molar-refractivity contribution < 1.29 is 4.74 Å². The molecule has 1 heterocycles. The van der Waals surface area contributed by atoms with E-state index in [2.05, 4.69) is 26.1 Å². The molecule has 0 aliphatic carbocycles. The first-order chi connectivity index (χ1) is 6.20. The molecule has 1 aliphatic heterocycles. The molecule has 1 fully saturated rings. The lowest BCUT2D eigenvalue weighted by atomic mass is 9.97. The van der Waals surface area contributed by atoms with Crippen LogP contribution in [0.4, 0.5) is 0 Å². The Morgan fingerprint density at radius 3 is 2.38 bits per heavy atom. The summed E-state index contributed by atoms with van der Waals surface area (Å²) in [5.74, 6) is 1.56. The van der Waals surface area contributed by atoms with Crippen molar-refractivity contribution in [3.05, 3.63) is 0 Å². The van der Waals surface area contributed by atoms with Crippen LogP contribution in [0.3, 0.4) is 0 Å². The van der Waals surface area contributed by atoms with Gasteiger partial charge in [0.15, 0.2) is 0 Å². The van der Waals surface area contributed by atoms with E-state index in [1.165, 1.54) is 12.8 Å². The first kappa shape index (κ1) is 11.0. The first-order valence-electron chi connectivity index (χ1n) is 5.51. The van der Waals surface area contributed by atoms with Crippen molar-refractivity contribution >= 4 is 0 Å². The van der Waals surface area contributed by atoms with Crippen molar-refractivity contribution in [2.45, 2.75) is 39.7 Å². The second-order valence-electron chi connectivity index (χ2n) is 4.52. The monoisotopic (exact) mass is 185 g/mol. The predicted octanol–water partition coefficient (Wildman–Crippen LogP) is 2.05. The molecule has 0 spiro atoms. The minimum absolute atomic E-state index is 0.704. The molecule has 1 rings (SSSR count). The van der Waals surface area contributed by atoms with E-state index in [0.717, 1.165) is 31.6 Å². The maximum atomic E-state index is 5.31. The normalized spacial score (nSPS) is 22.2. The lowest BCUT2D eigenvalue weighted by molar-refractivity contribution is 0.0765. The molecule has 0 aromatic rings. The van der Waals surface area contributed by atoms with Crippen LogP contribution in [0.2, 0.25) is 0 Å². The Bertz CT molecular complexity index is 130. The largest absolute Gasteiger partial charge is 0.381 e. The second kappa shape index (κ2) is 5.61. The lowest BCUT2D eigenvalue weighted by Crippen LogP contribution is -2.38. The molecule has 2 nitrogen and oxygen atoms in total. The molecule has 0 radical (unpaired) electrons. The van der Waals surface area contributed by atoms with Gasteiger partial charge in [0.05, 0.1) is 0 Å². The maximum Gasteiger partial charge on any atom is 0.0480 e. The fourth-order valence-electron chi connectivity index (χ4n) is 1.49. The topological polar surface area (TPSA) is 21.3 Å². The van der Waals surface area contributed by atoms with Crippen LogP contribution < -0.4 is 5.32 Å². The molecule has 0 bridgehead atoms. The van der Waals surface area contributed by atoms with Crippen LogP contribution in [0.5, 0.6) is 0 Å². The van der Waals surface area contributed by atoms with Gasteiger partial charge in [-0.2, -0.15) is 0 Å². The van der Waals surface area contributed by atoms with Gasteiger partial charge in [0.25, 0.3) is 0 Å². The fraction of sp³-hybridized carbons (Fsp3) is 1.00. The number of hydrogen-bond donors (Lipinski definition) is 1. The number of ether oxygens (including phenoxy) is 1. The molecule has 1 aliphatic rings. The zero-order chi connectivity index (χ0) is 9.68. The Balaban J connectivity index is 2.10. The molecule has 1 unspecified atom stereocenters. The number of hydrogen-bond acceptors (Lipinski definition) is 2. The van der Waals surface area contributed by atoms with E-state index in [0.29, 0.717) is 6.04 Å². The molecular weight excluding hydrogens is 162 g/mol. The van der Waals surface area contributed by atoms with Crippen molar-refractivity contribution in [2.24, 2.45) is 11.8 Å². The van der Waals surface area contributed by atoms with Gasteiger partial charge < -0.3 is 10.1 Å². The summed E-state index contributed by atoms with van der Waals surface area (Å²) in [6.07, 6.45) is 2.37. The Kier molecular flexibility index (Phi) is 4.74. The van der Waals surface area contributed by atoms with Gasteiger partial charge in [-0.1, -0.05) is 20.8 Å². The van der Waals surface area contributed by atoms with Gasteiger partial charge in [0.2, 0.25) is 0 Å². The van der Waals surface area contributed by atoms with Gasteiger partial charge in [-0.25, -0.2) is 0 Å². The van der Waals surface area contributed by atoms with E-state index in [4.69, 9.17) is 4.74 Å². The van der Waals surface area contributed by atoms with Crippen LogP contribution in [0.1, 0.15) is 33.6 Å². The summed E-state index contributed by atoms with van der Waals surface area (Å²) in [5, 5.41) is 3.62. The average molecular weight is 185 g/mol. The summed E-state index contributed by atoms with van der Waals surface area (Å²) in [7, 11) is 0. The fourth-order valence-corrected chi connectivity index (χ4v) is 1.49. The number of rotatable bonds is 4. The smallest absolute Gasteiger partial charge is 0.0480 e. The van der Waals surface area contributed by atoms with Crippen molar-refractivity contribution in [3.8, 4) is 0 Å². The van der Waals surface area contributed by atoms with Crippen molar-refractivity contribution in [1.29, 1.82) is 0 Å². The van der Waals surface area contributed by atoms with Crippen molar-refractivity contribution in [3.63, 3.8) is 0 Å². The summed E-state index contributed by atoms with van der Waals surface area (Å²) in [6.45, 7) is 9.92. The van der Waals surface area contributed by atoms with Crippen LogP contribution in [0.15, 0.2) is 0 Å². The zero-order valence-electron chi connectivity index (χ0n) is 9.18. The van der Waals surface area contributed by atoms with Gasteiger partial charge in [-0.05, 0) is 31.2 Å². The van der Waals surface area contributed by atoms with Crippen molar-refractivity contribution in [2.75, 3.05) is 19.8 Å². The highest BCUT2D eigenvalue weighted by atomic mass is 16.5. The Labute approximate surface area is 82.0 Å². The minimum atomic E-state index is 0.704. The standard InChI is InChI=1S/C11H23NO/c1-9(2)10(3)8-12-11-4-6-13-7-5-11/h9-12H,4-8H2,1-3H3. The van der Waals surface area contributed by atoms with E-state index in [1.54, 1.807) is 0 Å². The zero-order valence-corrected chi connectivity index (χ0v) is 9.18. The molecule has 0 aromatic heterocycles. The Morgan fingerprint density at radius 2 is 1.85 bits per heavy atom. The molecule has 1 saturated heterocycles. The van der Waals surface area contributed by atoms with Gasteiger partial charge >= 0.3 is 0 Å². The van der Waals surface area contributed by atoms with E-state index in [1.807, 2.05) is 0 Å². The molecule has 0 aromatic carbocycles. The predicted molar refractivity (Wildman–Crippen MR) is 55.8 cm³/mol. The Hall–Kier alpha value is -0.0800. The quantitative estimate of drug-likeness (QED) is 0.723. The van der Waals surface area contributed by atoms with E-state index < -0.39 is 0 Å². The molecule has 1 N–H and O–H groups in total. The molecule has 0 saturated carbocycles. The summed E-state index contributed by atoms with van der Waals surface area (Å²) in [5.41, 5.74) is 0. The minimum Gasteiger partial charge on any atom is -0.381 e. The molecule has 0 amide bonds. The van der Waals surface area contributed by atoms with E-state index >= 15 is 0 Å².